The summed E-state index contributed by atoms with van der Waals surface area (Å²) in [6.07, 6.45) is 0.358. The van der Waals surface area contributed by atoms with Crippen molar-refractivity contribution in [1.82, 2.24) is 0 Å². The highest BCUT2D eigenvalue weighted by Crippen LogP contribution is 2.07. The number of likely N-dealkylation sites (N-methyl/N-ethyl adjacent to an activating group) is 2. The summed E-state index contributed by atoms with van der Waals surface area (Å²) in [5.41, 5.74) is 0. The second-order valence-electron chi connectivity index (χ2n) is 6.09. The van der Waals surface area contributed by atoms with Gasteiger partial charge < -0.3 is 13.7 Å². The highest BCUT2D eigenvalue weighted by atomic mass is 16.5. The molecule has 3 heteroatoms. The molecule has 0 spiro atoms. The molecule has 0 aliphatic carbocycles. The van der Waals surface area contributed by atoms with E-state index in [4.69, 9.17) is 4.74 Å². The first kappa shape index (κ1) is 17.9. The third-order valence-electron chi connectivity index (χ3n) is 4.79. The minimum absolute atomic E-state index is 0.358. The summed E-state index contributed by atoms with van der Waals surface area (Å²) in [4.78, 5) is 0. The molecule has 0 aromatic rings. The normalized spacial score (nSPS) is 14.8. The van der Waals surface area contributed by atoms with Crippen molar-refractivity contribution in [2.75, 3.05) is 60.0 Å². The Hall–Kier alpha value is -0.120. The summed E-state index contributed by atoms with van der Waals surface area (Å²) in [7, 11) is 4.63. The van der Waals surface area contributed by atoms with Crippen molar-refractivity contribution in [3.8, 4) is 0 Å². The van der Waals surface area contributed by atoms with E-state index < -0.39 is 0 Å². The molecule has 18 heavy (non-hydrogen) atoms. The van der Waals surface area contributed by atoms with Crippen LogP contribution in [-0.2, 0) is 4.74 Å². The summed E-state index contributed by atoms with van der Waals surface area (Å²) in [5, 5.41) is 0. The molecule has 0 N–H and O–H groups in total. The van der Waals surface area contributed by atoms with Gasteiger partial charge in [0.1, 0.15) is 19.2 Å². The van der Waals surface area contributed by atoms with Gasteiger partial charge in [-0.3, -0.25) is 0 Å². The van der Waals surface area contributed by atoms with Gasteiger partial charge >= 0.3 is 0 Å². The Labute approximate surface area is 115 Å². The highest BCUT2D eigenvalue weighted by Gasteiger charge is 2.22. The summed E-state index contributed by atoms with van der Waals surface area (Å²) in [5.74, 6) is 0. The summed E-state index contributed by atoms with van der Waals surface area (Å²) < 4.78 is 8.23. The lowest BCUT2D eigenvalue weighted by atomic mass is 10.3. The Bertz CT molecular complexity index is 211. The molecule has 110 valence electrons. The molecule has 0 radical (unpaired) electrons. The molecular formula is C15H36N2O+2. The quantitative estimate of drug-likeness (QED) is 0.548. The molecule has 0 aromatic carbocycles. The van der Waals surface area contributed by atoms with E-state index in [0.29, 0.717) is 6.10 Å². The Morgan fingerprint density at radius 3 is 1.67 bits per heavy atom. The maximum Gasteiger partial charge on any atom is 0.105 e. The molecule has 3 nitrogen and oxygen atoms in total. The minimum Gasteiger partial charge on any atom is -0.367 e. The number of quaternary nitrogens is 2. The van der Waals surface area contributed by atoms with Crippen LogP contribution in [0.1, 0.15) is 34.6 Å². The second-order valence-corrected chi connectivity index (χ2v) is 6.09. The number of rotatable bonds is 10. The zero-order chi connectivity index (χ0) is 14.2. The first-order valence-corrected chi connectivity index (χ1v) is 7.63. The first-order chi connectivity index (χ1) is 8.34. The van der Waals surface area contributed by atoms with Crippen molar-refractivity contribution in [3.63, 3.8) is 0 Å². The van der Waals surface area contributed by atoms with Gasteiger partial charge in [-0.15, -0.1) is 0 Å². The van der Waals surface area contributed by atoms with E-state index in [-0.39, 0.29) is 0 Å². The predicted molar refractivity (Wildman–Crippen MR) is 79.7 cm³/mol. The third kappa shape index (κ3) is 6.17. The zero-order valence-electron chi connectivity index (χ0n) is 13.8. The number of hydrogen-bond donors (Lipinski definition) is 0. The predicted octanol–water partition coefficient (Wildman–Crippen LogP) is 2.36. The Balaban J connectivity index is 4.01. The number of hydrogen-bond acceptors (Lipinski definition) is 1. The van der Waals surface area contributed by atoms with Gasteiger partial charge in [-0.2, -0.15) is 0 Å². The number of ether oxygens (including phenoxy) is 1. The van der Waals surface area contributed by atoms with Crippen LogP contribution in [0.4, 0.5) is 0 Å². The van der Waals surface area contributed by atoms with Crippen LogP contribution in [-0.4, -0.2) is 75.0 Å². The van der Waals surface area contributed by atoms with E-state index in [2.05, 4.69) is 48.7 Å². The fourth-order valence-electron chi connectivity index (χ4n) is 2.17. The van der Waals surface area contributed by atoms with Crippen LogP contribution in [0.3, 0.4) is 0 Å². The van der Waals surface area contributed by atoms with Crippen molar-refractivity contribution in [3.05, 3.63) is 0 Å². The topological polar surface area (TPSA) is 9.23 Å². The largest absolute Gasteiger partial charge is 0.367 e. The summed E-state index contributed by atoms with van der Waals surface area (Å²) in [6, 6.07) is 0. The summed E-state index contributed by atoms with van der Waals surface area (Å²) >= 11 is 0. The molecule has 1 unspecified atom stereocenters. The zero-order valence-corrected chi connectivity index (χ0v) is 13.8. The van der Waals surface area contributed by atoms with Gasteiger partial charge in [0, 0.05) is 0 Å². The average molecular weight is 260 g/mol. The molecular weight excluding hydrogens is 224 g/mol. The SMILES string of the molecule is CC[N+](C)(CC)CCOC(C)C[N+](C)(CC)CC. The molecule has 0 aliphatic heterocycles. The van der Waals surface area contributed by atoms with Crippen LogP contribution in [0.5, 0.6) is 0 Å². The van der Waals surface area contributed by atoms with E-state index in [9.17, 15) is 0 Å². The molecule has 1 atom stereocenters. The van der Waals surface area contributed by atoms with E-state index in [1.807, 2.05) is 0 Å². The van der Waals surface area contributed by atoms with Crippen LogP contribution in [0.15, 0.2) is 0 Å². The van der Waals surface area contributed by atoms with Gasteiger partial charge in [-0.1, -0.05) is 0 Å². The van der Waals surface area contributed by atoms with Crippen molar-refractivity contribution >= 4 is 0 Å². The average Bonchev–Trinajstić information content (AvgIpc) is 2.38. The molecule has 0 fully saturated rings. The number of nitrogens with zero attached hydrogens (tertiary/aromatic N) is 2. The van der Waals surface area contributed by atoms with Gasteiger partial charge in [0.2, 0.25) is 0 Å². The van der Waals surface area contributed by atoms with Crippen LogP contribution in [0.2, 0.25) is 0 Å². The monoisotopic (exact) mass is 260 g/mol. The van der Waals surface area contributed by atoms with Crippen molar-refractivity contribution in [1.29, 1.82) is 0 Å². The van der Waals surface area contributed by atoms with Gasteiger partial charge in [0.25, 0.3) is 0 Å². The van der Waals surface area contributed by atoms with Crippen molar-refractivity contribution in [2.45, 2.75) is 40.7 Å². The van der Waals surface area contributed by atoms with Crippen molar-refractivity contribution < 1.29 is 13.7 Å². The van der Waals surface area contributed by atoms with Gasteiger partial charge in [0.15, 0.2) is 0 Å². The molecule has 0 saturated heterocycles. The minimum atomic E-state index is 0.358. The lowest BCUT2D eigenvalue weighted by Crippen LogP contribution is -2.49. The Kier molecular flexibility index (Phi) is 8.08. The lowest BCUT2D eigenvalue weighted by molar-refractivity contribution is -0.911. The summed E-state index contributed by atoms with van der Waals surface area (Å²) in [6.45, 7) is 19.1. The smallest absolute Gasteiger partial charge is 0.105 e. The highest BCUT2D eigenvalue weighted by molar-refractivity contribution is 4.49. The van der Waals surface area contributed by atoms with Gasteiger partial charge in [0.05, 0.1) is 46.9 Å². The Morgan fingerprint density at radius 1 is 0.833 bits per heavy atom. The van der Waals surface area contributed by atoms with Crippen LogP contribution in [0, 0.1) is 0 Å². The van der Waals surface area contributed by atoms with E-state index in [0.717, 1.165) is 28.7 Å². The molecule has 0 aliphatic rings. The maximum atomic E-state index is 6.01. The third-order valence-corrected chi connectivity index (χ3v) is 4.79. The standard InChI is InChI=1S/C15H36N2O/c1-8-16(6,9-2)12-13-18-15(5)14-17(7,10-3)11-4/h15H,8-14H2,1-7H3/q+2. The van der Waals surface area contributed by atoms with E-state index >= 15 is 0 Å². The lowest BCUT2D eigenvalue weighted by Gasteiger charge is -2.35. The van der Waals surface area contributed by atoms with Crippen LogP contribution >= 0.6 is 0 Å². The van der Waals surface area contributed by atoms with Gasteiger partial charge in [-0.25, -0.2) is 0 Å². The molecule has 0 bridgehead atoms. The van der Waals surface area contributed by atoms with E-state index in [1.165, 1.54) is 26.2 Å². The maximum absolute atomic E-state index is 6.01. The van der Waals surface area contributed by atoms with Crippen molar-refractivity contribution in [2.24, 2.45) is 0 Å². The molecule has 0 heterocycles. The first-order valence-electron chi connectivity index (χ1n) is 7.63. The fourth-order valence-corrected chi connectivity index (χ4v) is 2.17. The van der Waals surface area contributed by atoms with E-state index in [1.54, 1.807) is 0 Å². The molecule has 0 aromatic heterocycles. The molecule has 0 amide bonds. The fraction of sp³-hybridized carbons (Fsp3) is 1.00. The molecule has 0 rings (SSSR count). The van der Waals surface area contributed by atoms with Gasteiger partial charge in [-0.05, 0) is 34.6 Å². The van der Waals surface area contributed by atoms with Crippen LogP contribution in [0.25, 0.3) is 0 Å². The molecule has 0 saturated carbocycles. The Morgan fingerprint density at radius 2 is 1.28 bits per heavy atom. The second kappa shape index (κ2) is 8.13. The van der Waals surface area contributed by atoms with Crippen LogP contribution < -0.4 is 0 Å².